The van der Waals surface area contributed by atoms with Gasteiger partial charge in [0.05, 0.1) is 6.10 Å². The van der Waals surface area contributed by atoms with E-state index < -0.39 is 0 Å². The molecule has 0 saturated carbocycles. The lowest BCUT2D eigenvalue weighted by Crippen LogP contribution is -2.30. The average Bonchev–Trinajstić information content (AvgIpc) is 2.04. The van der Waals surface area contributed by atoms with Gasteiger partial charge in [0.15, 0.2) is 0 Å². The molecule has 1 heterocycles. The van der Waals surface area contributed by atoms with Gasteiger partial charge in [-0.25, -0.2) is 0 Å². The summed E-state index contributed by atoms with van der Waals surface area (Å²) < 4.78 is 5.09. The SMILES string of the molecule is CC(=O)OC(C)CC1CCNCC1. The van der Waals surface area contributed by atoms with Gasteiger partial charge in [-0.3, -0.25) is 4.79 Å². The van der Waals surface area contributed by atoms with Crippen LogP contribution < -0.4 is 5.32 Å². The Morgan fingerprint density at radius 2 is 2.15 bits per heavy atom. The maximum absolute atomic E-state index is 10.7. The molecule has 76 valence electrons. The van der Waals surface area contributed by atoms with E-state index >= 15 is 0 Å². The first kappa shape index (κ1) is 10.5. The van der Waals surface area contributed by atoms with E-state index in [1.54, 1.807) is 0 Å². The van der Waals surface area contributed by atoms with E-state index in [4.69, 9.17) is 4.74 Å². The van der Waals surface area contributed by atoms with Crippen molar-refractivity contribution in [1.29, 1.82) is 0 Å². The zero-order valence-corrected chi connectivity index (χ0v) is 8.51. The Bertz CT molecular complexity index is 164. The first-order valence-corrected chi connectivity index (χ1v) is 5.06. The van der Waals surface area contributed by atoms with Gasteiger partial charge < -0.3 is 10.1 Å². The fourth-order valence-corrected chi connectivity index (χ4v) is 1.92. The quantitative estimate of drug-likeness (QED) is 0.674. The van der Waals surface area contributed by atoms with Crippen LogP contribution >= 0.6 is 0 Å². The molecule has 0 aromatic carbocycles. The van der Waals surface area contributed by atoms with Crippen molar-refractivity contribution in [1.82, 2.24) is 5.32 Å². The van der Waals surface area contributed by atoms with Crippen LogP contribution in [0, 0.1) is 5.92 Å². The van der Waals surface area contributed by atoms with Gasteiger partial charge in [-0.05, 0) is 45.2 Å². The van der Waals surface area contributed by atoms with Crippen molar-refractivity contribution in [3.05, 3.63) is 0 Å². The van der Waals surface area contributed by atoms with Crippen LogP contribution in [0.3, 0.4) is 0 Å². The van der Waals surface area contributed by atoms with Gasteiger partial charge in [0.25, 0.3) is 0 Å². The Balaban J connectivity index is 2.18. The number of hydrogen-bond acceptors (Lipinski definition) is 3. The molecule has 1 unspecified atom stereocenters. The summed E-state index contributed by atoms with van der Waals surface area (Å²) in [4.78, 5) is 10.7. The van der Waals surface area contributed by atoms with Crippen LogP contribution in [0.4, 0.5) is 0 Å². The lowest BCUT2D eigenvalue weighted by molar-refractivity contribution is -0.146. The van der Waals surface area contributed by atoms with Crippen LogP contribution in [-0.4, -0.2) is 25.2 Å². The van der Waals surface area contributed by atoms with E-state index in [-0.39, 0.29) is 12.1 Å². The summed E-state index contributed by atoms with van der Waals surface area (Å²) in [6, 6.07) is 0. The molecule has 0 aromatic rings. The number of piperidine rings is 1. The molecule has 1 N–H and O–H groups in total. The standard InChI is InChI=1S/C10H19NO2/c1-8(13-9(2)12)7-10-3-5-11-6-4-10/h8,10-11H,3-7H2,1-2H3. The molecule has 3 nitrogen and oxygen atoms in total. The molecule has 1 aliphatic heterocycles. The normalized spacial score (nSPS) is 21.1. The number of carbonyl (C=O) groups excluding carboxylic acids is 1. The maximum Gasteiger partial charge on any atom is 0.302 e. The highest BCUT2D eigenvalue weighted by molar-refractivity contribution is 5.66. The van der Waals surface area contributed by atoms with Crippen LogP contribution in [0.15, 0.2) is 0 Å². The minimum Gasteiger partial charge on any atom is -0.463 e. The predicted octanol–water partition coefficient (Wildman–Crippen LogP) is 1.33. The van der Waals surface area contributed by atoms with Crippen molar-refractivity contribution in [3.63, 3.8) is 0 Å². The van der Waals surface area contributed by atoms with Crippen LogP contribution in [-0.2, 0) is 9.53 Å². The third kappa shape index (κ3) is 4.27. The van der Waals surface area contributed by atoms with Gasteiger partial charge in [0.2, 0.25) is 0 Å². The van der Waals surface area contributed by atoms with Crippen LogP contribution in [0.25, 0.3) is 0 Å². The topological polar surface area (TPSA) is 38.3 Å². The number of hydrogen-bond donors (Lipinski definition) is 1. The van der Waals surface area contributed by atoms with Gasteiger partial charge in [0.1, 0.15) is 0 Å². The lowest BCUT2D eigenvalue weighted by atomic mass is 9.92. The van der Waals surface area contributed by atoms with E-state index in [1.165, 1.54) is 19.8 Å². The molecule has 0 radical (unpaired) electrons. The molecule has 0 bridgehead atoms. The number of nitrogens with one attached hydrogen (secondary N) is 1. The highest BCUT2D eigenvalue weighted by atomic mass is 16.5. The summed E-state index contributed by atoms with van der Waals surface area (Å²) in [6.45, 7) is 5.66. The minimum absolute atomic E-state index is 0.0839. The molecule has 1 fully saturated rings. The molecular weight excluding hydrogens is 166 g/mol. The summed E-state index contributed by atoms with van der Waals surface area (Å²) in [5.74, 6) is 0.567. The van der Waals surface area contributed by atoms with E-state index in [1.807, 2.05) is 6.92 Å². The van der Waals surface area contributed by atoms with Crippen LogP contribution in [0.5, 0.6) is 0 Å². The van der Waals surface area contributed by atoms with E-state index in [9.17, 15) is 4.79 Å². The zero-order valence-electron chi connectivity index (χ0n) is 8.51. The van der Waals surface area contributed by atoms with Gasteiger partial charge in [-0.2, -0.15) is 0 Å². The Hall–Kier alpha value is -0.570. The average molecular weight is 185 g/mol. The minimum atomic E-state index is -0.165. The summed E-state index contributed by atoms with van der Waals surface area (Å²) in [5, 5.41) is 3.32. The van der Waals surface area contributed by atoms with E-state index in [2.05, 4.69) is 5.32 Å². The monoisotopic (exact) mass is 185 g/mol. The summed E-state index contributed by atoms with van der Waals surface area (Å²) >= 11 is 0. The van der Waals surface area contributed by atoms with Crippen LogP contribution in [0.1, 0.15) is 33.1 Å². The molecule has 0 amide bonds. The van der Waals surface area contributed by atoms with Gasteiger partial charge in [-0.15, -0.1) is 0 Å². The molecule has 1 rings (SSSR count). The molecule has 0 spiro atoms. The summed E-state index contributed by atoms with van der Waals surface area (Å²) in [5.41, 5.74) is 0. The second-order valence-electron chi connectivity index (χ2n) is 3.85. The second-order valence-corrected chi connectivity index (χ2v) is 3.85. The molecule has 0 aromatic heterocycles. The third-order valence-corrected chi connectivity index (χ3v) is 2.49. The highest BCUT2D eigenvalue weighted by Crippen LogP contribution is 2.19. The fraction of sp³-hybridized carbons (Fsp3) is 0.900. The third-order valence-electron chi connectivity index (χ3n) is 2.49. The molecule has 1 atom stereocenters. The van der Waals surface area contributed by atoms with Crippen molar-refractivity contribution in [2.24, 2.45) is 5.92 Å². The molecule has 0 aliphatic carbocycles. The zero-order chi connectivity index (χ0) is 9.68. The van der Waals surface area contributed by atoms with Gasteiger partial charge in [-0.1, -0.05) is 0 Å². The second kappa shape index (κ2) is 5.22. The summed E-state index contributed by atoms with van der Waals surface area (Å²) in [6.07, 6.45) is 3.53. The number of ether oxygens (including phenoxy) is 1. The van der Waals surface area contributed by atoms with E-state index in [0.29, 0.717) is 0 Å². The highest BCUT2D eigenvalue weighted by Gasteiger charge is 2.17. The maximum atomic E-state index is 10.7. The molecular formula is C10H19NO2. The first-order valence-electron chi connectivity index (χ1n) is 5.06. The van der Waals surface area contributed by atoms with Crippen molar-refractivity contribution < 1.29 is 9.53 Å². The van der Waals surface area contributed by atoms with Crippen molar-refractivity contribution in [2.45, 2.75) is 39.2 Å². The van der Waals surface area contributed by atoms with Crippen LogP contribution in [0.2, 0.25) is 0 Å². The summed E-state index contributed by atoms with van der Waals surface area (Å²) in [7, 11) is 0. The van der Waals surface area contributed by atoms with Crippen molar-refractivity contribution in [3.8, 4) is 0 Å². The van der Waals surface area contributed by atoms with Gasteiger partial charge >= 0.3 is 5.97 Å². The largest absolute Gasteiger partial charge is 0.463 e. The Morgan fingerprint density at radius 1 is 1.54 bits per heavy atom. The first-order chi connectivity index (χ1) is 6.18. The Kier molecular flexibility index (Phi) is 4.22. The number of esters is 1. The van der Waals surface area contributed by atoms with Gasteiger partial charge in [0, 0.05) is 6.92 Å². The fourth-order valence-electron chi connectivity index (χ4n) is 1.92. The smallest absolute Gasteiger partial charge is 0.302 e. The molecule has 1 aliphatic rings. The van der Waals surface area contributed by atoms with Crippen molar-refractivity contribution >= 4 is 5.97 Å². The molecule has 3 heteroatoms. The van der Waals surface area contributed by atoms with Crippen molar-refractivity contribution in [2.75, 3.05) is 13.1 Å². The number of carbonyl (C=O) groups is 1. The Labute approximate surface area is 79.8 Å². The molecule has 13 heavy (non-hydrogen) atoms. The number of rotatable bonds is 3. The lowest BCUT2D eigenvalue weighted by Gasteiger charge is -2.24. The van der Waals surface area contributed by atoms with E-state index in [0.717, 1.165) is 25.4 Å². The predicted molar refractivity (Wildman–Crippen MR) is 51.4 cm³/mol. The Morgan fingerprint density at radius 3 is 2.69 bits per heavy atom. The molecule has 1 saturated heterocycles.